The van der Waals surface area contributed by atoms with Gasteiger partial charge >= 0.3 is 5.97 Å². The number of aliphatic hydroxyl groups excluding tert-OH is 6. The predicted molar refractivity (Wildman–Crippen MR) is 169 cm³/mol. The molecule has 11 heteroatoms. The van der Waals surface area contributed by atoms with Crippen molar-refractivity contribution in [3.63, 3.8) is 0 Å². The van der Waals surface area contributed by atoms with Crippen LogP contribution in [0.25, 0.3) is 0 Å². The van der Waals surface area contributed by atoms with Crippen molar-refractivity contribution in [2.45, 2.75) is 136 Å². The molecular formula is C36H58O11. The van der Waals surface area contributed by atoms with Crippen LogP contribution in [0, 0.1) is 56.7 Å². The number of aliphatic carboxylic acids is 1. The van der Waals surface area contributed by atoms with E-state index in [2.05, 4.69) is 47.6 Å². The summed E-state index contributed by atoms with van der Waals surface area (Å²) in [5.41, 5.74) is -1.96. The number of allylic oxidation sites excluding steroid dienone is 1. The van der Waals surface area contributed by atoms with Gasteiger partial charge in [0.05, 0.1) is 31.3 Å². The minimum Gasteiger partial charge on any atom is -0.481 e. The molecule has 268 valence electrons. The van der Waals surface area contributed by atoms with Crippen LogP contribution in [0.2, 0.25) is 0 Å². The molecular weight excluding hydrogens is 608 g/mol. The first kappa shape index (κ1) is 35.7. The van der Waals surface area contributed by atoms with E-state index in [-0.39, 0.29) is 41.6 Å². The first-order valence-electron chi connectivity index (χ1n) is 17.7. The van der Waals surface area contributed by atoms with Crippen LogP contribution in [0.4, 0.5) is 0 Å². The van der Waals surface area contributed by atoms with Crippen LogP contribution >= 0.6 is 0 Å². The normalized spacial score (nSPS) is 54.9. The molecule has 47 heavy (non-hydrogen) atoms. The standard InChI is InChI=1S/C36H58O11/c1-17(2)18(3)32(4)12-13-34(6)19-8-9-23-33(5)16-45-31(44)36(23,20(19)10-11-35(34,7)27(32)29(42)43)14-21(38)28(33)47-30-26(41)25(40)24(39)22(15-37)46-30/h10,17-19,21-28,30-31,37-41,44H,8-9,11-16H2,1-7H3,(H,42,43)/t18-,19+,21-,22-,23+,24-,25+,26-,27-,28+,30+,31?,32-,33+,34-,35+,36+/m1/s1. The maximum Gasteiger partial charge on any atom is 0.307 e. The number of hydrogen-bond acceptors (Lipinski definition) is 10. The number of ether oxygens (including phenoxy) is 3. The van der Waals surface area contributed by atoms with Crippen molar-refractivity contribution in [3.8, 4) is 0 Å². The highest BCUT2D eigenvalue weighted by Gasteiger charge is 2.73. The largest absolute Gasteiger partial charge is 0.481 e. The second kappa shape index (κ2) is 11.7. The molecule has 2 saturated heterocycles. The maximum absolute atomic E-state index is 13.3. The van der Waals surface area contributed by atoms with Gasteiger partial charge in [0.2, 0.25) is 0 Å². The molecule has 3 saturated carbocycles. The molecule has 11 nitrogen and oxygen atoms in total. The molecule has 5 fully saturated rings. The molecule has 0 radical (unpaired) electrons. The fourth-order valence-corrected chi connectivity index (χ4v) is 12.2. The van der Waals surface area contributed by atoms with Gasteiger partial charge in [-0.15, -0.1) is 0 Å². The molecule has 6 rings (SSSR count). The highest BCUT2D eigenvalue weighted by Crippen LogP contribution is 2.75. The van der Waals surface area contributed by atoms with Crippen molar-refractivity contribution in [2.24, 2.45) is 56.7 Å². The Bertz CT molecular complexity index is 1260. The second-order valence-electron chi connectivity index (χ2n) is 17.4. The summed E-state index contributed by atoms with van der Waals surface area (Å²) in [5, 5.41) is 75.7. The Morgan fingerprint density at radius 1 is 0.979 bits per heavy atom. The van der Waals surface area contributed by atoms with Gasteiger partial charge in [-0.2, -0.15) is 0 Å². The Balaban J connectivity index is 1.37. The van der Waals surface area contributed by atoms with E-state index in [0.717, 1.165) is 24.8 Å². The van der Waals surface area contributed by atoms with Crippen LogP contribution in [0.15, 0.2) is 11.6 Å². The summed E-state index contributed by atoms with van der Waals surface area (Å²) in [4.78, 5) is 13.3. The Kier molecular flexibility index (Phi) is 8.88. The van der Waals surface area contributed by atoms with Gasteiger partial charge in [-0.3, -0.25) is 4.79 Å². The van der Waals surface area contributed by atoms with E-state index < -0.39 is 83.9 Å². The third-order valence-corrected chi connectivity index (χ3v) is 15.3. The molecule has 1 unspecified atom stereocenters. The second-order valence-corrected chi connectivity index (χ2v) is 17.4. The first-order chi connectivity index (χ1) is 21.8. The fraction of sp³-hybridized carbons (Fsp3) is 0.917. The average molecular weight is 667 g/mol. The van der Waals surface area contributed by atoms with Gasteiger partial charge in [-0.25, -0.2) is 0 Å². The molecule has 7 N–H and O–H groups in total. The minimum atomic E-state index is -1.61. The number of carboxylic acids is 1. The molecule has 4 aliphatic carbocycles. The van der Waals surface area contributed by atoms with Gasteiger partial charge in [0, 0.05) is 10.8 Å². The van der Waals surface area contributed by atoms with Crippen molar-refractivity contribution in [3.05, 3.63) is 11.6 Å². The lowest BCUT2D eigenvalue weighted by molar-refractivity contribution is -0.369. The number of aliphatic hydroxyl groups is 6. The quantitative estimate of drug-likeness (QED) is 0.163. The van der Waals surface area contributed by atoms with Crippen molar-refractivity contribution in [1.29, 1.82) is 0 Å². The van der Waals surface area contributed by atoms with Gasteiger partial charge in [0.25, 0.3) is 0 Å². The van der Waals surface area contributed by atoms with Crippen molar-refractivity contribution < 1.29 is 54.8 Å². The van der Waals surface area contributed by atoms with E-state index in [1.165, 1.54) is 0 Å². The summed E-state index contributed by atoms with van der Waals surface area (Å²) >= 11 is 0. The zero-order valence-corrected chi connectivity index (χ0v) is 29.0. The average Bonchev–Trinajstić information content (AvgIpc) is 3.01. The highest BCUT2D eigenvalue weighted by molar-refractivity contribution is 5.73. The molecule has 17 atom stereocenters. The van der Waals surface area contributed by atoms with Gasteiger partial charge in [-0.1, -0.05) is 60.1 Å². The number of rotatable bonds is 6. The third-order valence-electron chi connectivity index (χ3n) is 15.3. The van der Waals surface area contributed by atoms with Crippen LogP contribution in [0.1, 0.15) is 87.0 Å². The lowest BCUT2D eigenvalue weighted by atomic mass is 9.34. The van der Waals surface area contributed by atoms with Crippen LogP contribution in [0.5, 0.6) is 0 Å². The van der Waals surface area contributed by atoms with E-state index in [9.17, 15) is 40.5 Å². The van der Waals surface area contributed by atoms with Gasteiger partial charge in [-0.05, 0) is 78.4 Å². The lowest BCUT2D eigenvalue weighted by Crippen LogP contribution is -2.72. The van der Waals surface area contributed by atoms with Gasteiger partial charge < -0.3 is 50.0 Å². The van der Waals surface area contributed by atoms with E-state index in [4.69, 9.17) is 14.2 Å². The molecule has 0 aromatic carbocycles. The van der Waals surface area contributed by atoms with Crippen LogP contribution in [-0.2, 0) is 19.0 Å². The zero-order chi connectivity index (χ0) is 34.6. The fourth-order valence-electron chi connectivity index (χ4n) is 12.2. The predicted octanol–water partition coefficient (Wildman–Crippen LogP) is 2.44. The van der Waals surface area contributed by atoms with Gasteiger partial charge in [0.1, 0.15) is 24.4 Å². The molecule has 2 bridgehead atoms. The smallest absolute Gasteiger partial charge is 0.307 e. The molecule has 0 amide bonds. The van der Waals surface area contributed by atoms with Crippen molar-refractivity contribution >= 4 is 5.97 Å². The molecule has 0 aromatic rings. The van der Waals surface area contributed by atoms with E-state index >= 15 is 0 Å². The van der Waals surface area contributed by atoms with E-state index in [1.54, 1.807) is 0 Å². The zero-order valence-electron chi connectivity index (χ0n) is 29.0. The third kappa shape index (κ3) is 4.67. The molecule has 2 aliphatic heterocycles. The van der Waals surface area contributed by atoms with Crippen LogP contribution in [-0.4, -0.2) is 104 Å². The Morgan fingerprint density at radius 2 is 1.66 bits per heavy atom. The van der Waals surface area contributed by atoms with E-state index in [1.807, 2.05) is 6.92 Å². The minimum absolute atomic E-state index is 0.00558. The number of carboxylic acid groups (broad SMARTS) is 1. The topological polar surface area (TPSA) is 186 Å². The molecule has 2 heterocycles. The highest BCUT2D eigenvalue weighted by atomic mass is 16.7. The van der Waals surface area contributed by atoms with Gasteiger partial charge in [0.15, 0.2) is 12.6 Å². The maximum atomic E-state index is 13.3. The summed E-state index contributed by atoms with van der Waals surface area (Å²) < 4.78 is 18.1. The number of hydrogen-bond donors (Lipinski definition) is 7. The van der Waals surface area contributed by atoms with Crippen molar-refractivity contribution in [2.75, 3.05) is 13.2 Å². The Hall–Kier alpha value is -1.15. The van der Waals surface area contributed by atoms with Crippen molar-refractivity contribution in [1.82, 2.24) is 0 Å². The molecule has 0 spiro atoms. The lowest BCUT2D eigenvalue weighted by Gasteiger charge is -2.71. The summed E-state index contributed by atoms with van der Waals surface area (Å²) in [6, 6.07) is 0. The van der Waals surface area contributed by atoms with E-state index in [0.29, 0.717) is 18.8 Å². The summed E-state index contributed by atoms with van der Waals surface area (Å²) in [7, 11) is 0. The van der Waals surface area contributed by atoms with Crippen LogP contribution in [0.3, 0.4) is 0 Å². The molecule has 0 aromatic heterocycles. The Morgan fingerprint density at radius 3 is 2.28 bits per heavy atom. The first-order valence-corrected chi connectivity index (χ1v) is 17.7. The summed E-state index contributed by atoms with van der Waals surface area (Å²) in [6.07, 6.45) is -4.48. The summed E-state index contributed by atoms with van der Waals surface area (Å²) in [5.74, 6) is -0.912. The number of carbonyl (C=O) groups is 1. The van der Waals surface area contributed by atoms with Crippen LogP contribution < -0.4 is 0 Å². The molecule has 6 aliphatic rings. The SMILES string of the molecule is CC(C)[C@@H](C)[C@@]1(C)CC[C@]2(C)[C@H]3CC[C@H]4[C@]5(C)COC(O)[C@@]4(C[C@@H](O)[C@@H]5O[C@@H]4O[C@H](CO)[C@@H](O)[C@H](O)[C@H]4O)C3=CC[C@@]2(C)[C@@H]1C(=O)O. The monoisotopic (exact) mass is 666 g/mol. The number of fused-ring (bicyclic) bond motifs is 3. The Labute approximate surface area is 278 Å². The summed E-state index contributed by atoms with van der Waals surface area (Å²) in [6.45, 7) is 14.6.